The summed E-state index contributed by atoms with van der Waals surface area (Å²) in [4.78, 5) is 9.14. The van der Waals surface area contributed by atoms with Crippen molar-refractivity contribution in [2.75, 3.05) is 17.2 Å². The molecule has 3 N–H and O–H groups in total. The molecule has 0 amide bonds. The van der Waals surface area contributed by atoms with Gasteiger partial charge in [0.15, 0.2) is 0 Å². The van der Waals surface area contributed by atoms with E-state index in [0.717, 1.165) is 58.9 Å². The highest BCUT2D eigenvalue weighted by Crippen LogP contribution is 2.24. The molecule has 0 fully saturated rings. The van der Waals surface area contributed by atoms with Crippen LogP contribution < -0.4 is 10.6 Å². The number of fused-ring (bicyclic) bond motifs is 1. The molecule has 0 saturated carbocycles. The van der Waals surface area contributed by atoms with Crippen molar-refractivity contribution in [3.63, 3.8) is 0 Å². The summed E-state index contributed by atoms with van der Waals surface area (Å²) in [5, 5.41) is 23.1. The highest BCUT2D eigenvalue weighted by Gasteiger charge is 2.15. The molecule has 33 heavy (non-hydrogen) atoms. The molecule has 0 aliphatic rings. The summed E-state index contributed by atoms with van der Waals surface area (Å²) in [5.41, 5.74) is 3.89. The van der Waals surface area contributed by atoms with Crippen LogP contribution in [0.2, 0.25) is 5.02 Å². The van der Waals surface area contributed by atoms with Crippen LogP contribution in [0.5, 0.6) is 0 Å². The molecule has 0 spiro atoms. The SMILES string of the molecule is Cc1nn(CC(C)(C)O)cc1Nc1cccc(CCCNc2ccnc3cc(Cl)ccc23)n1. The highest BCUT2D eigenvalue weighted by atomic mass is 35.5. The molecular weight excluding hydrogens is 436 g/mol. The van der Waals surface area contributed by atoms with Gasteiger partial charge >= 0.3 is 0 Å². The van der Waals surface area contributed by atoms with Crippen LogP contribution >= 0.6 is 11.6 Å². The van der Waals surface area contributed by atoms with Gasteiger partial charge < -0.3 is 15.7 Å². The second-order valence-electron chi connectivity index (χ2n) is 8.83. The van der Waals surface area contributed by atoms with Crippen LogP contribution in [0.3, 0.4) is 0 Å². The number of hydrogen-bond donors (Lipinski definition) is 3. The number of halogens is 1. The van der Waals surface area contributed by atoms with E-state index in [0.29, 0.717) is 11.6 Å². The number of rotatable bonds is 9. The van der Waals surface area contributed by atoms with Gasteiger partial charge in [-0.25, -0.2) is 4.98 Å². The highest BCUT2D eigenvalue weighted by molar-refractivity contribution is 6.31. The van der Waals surface area contributed by atoms with E-state index >= 15 is 0 Å². The van der Waals surface area contributed by atoms with Crippen LogP contribution in [-0.2, 0) is 13.0 Å². The van der Waals surface area contributed by atoms with Gasteiger partial charge in [0.05, 0.1) is 29.0 Å². The lowest BCUT2D eigenvalue weighted by Gasteiger charge is -2.16. The quantitative estimate of drug-likeness (QED) is 0.289. The van der Waals surface area contributed by atoms with Crippen molar-refractivity contribution in [2.24, 2.45) is 0 Å². The van der Waals surface area contributed by atoms with E-state index in [1.807, 2.05) is 55.6 Å². The molecule has 1 aromatic carbocycles. The first kappa shape index (κ1) is 23.0. The predicted octanol–water partition coefficient (Wildman–Crippen LogP) is 5.35. The molecule has 0 bridgehead atoms. The zero-order chi connectivity index (χ0) is 23.4. The Kier molecular flexibility index (Phi) is 6.81. The molecule has 4 rings (SSSR count). The summed E-state index contributed by atoms with van der Waals surface area (Å²) in [5.74, 6) is 0.781. The van der Waals surface area contributed by atoms with Crippen molar-refractivity contribution in [1.29, 1.82) is 0 Å². The summed E-state index contributed by atoms with van der Waals surface area (Å²) >= 11 is 6.08. The van der Waals surface area contributed by atoms with Crippen LogP contribution in [0.15, 0.2) is 54.9 Å². The Balaban J connectivity index is 1.34. The number of hydrogen-bond acceptors (Lipinski definition) is 6. The Morgan fingerprint density at radius 2 is 1.97 bits per heavy atom. The standard InChI is InChI=1S/C25H29ClN6O/c1-17-23(15-32(31-17)16-25(2,3)33)30-24-8-4-6-19(29-24)7-5-12-27-21-11-13-28-22-14-18(26)9-10-20(21)22/h4,6,8-11,13-15,33H,5,7,12,16H2,1-3H3,(H,27,28)(H,29,30). The minimum atomic E-state index is -0.822. The van der Waals surface area contributed by atoms with Gasteiger partial charge in [0.1, 0.15) is 5.82 Å². The monoisotopic (exact) mass is 464 g/mol. The van der Waals surface area contributed by atoms with E-state index in [9.17, 15) is 5.11 Å². The smallest absolute Gasteiger partial charge is 0.130 e. The Labute approximate surface area is 198 Å². The second-order valence-corrected chi connectivity index (χ2v) is 9.26. The molecule has 8 heteroatoms. The molecule has 0 aliphatic heterocycles. The van der Waals surface area contributed by atoms with Crippen LogP contribution in [0.4, 0.5) is 17.2 Å². The van der Waals surface area contributed by atoms with Gasteiger partial charge in [-0.05, 0) is 70.0 Å². The first-order valence-corrected chi connectivity index (χ1v) is 11.4. The van der Waals surface area contributed by atoms with Gasteiger partial charge in [0, 0.05) is 40.7 Å². The fourth-order valence-electron chi connectivity index (χ4n) is 3.71. The number of nitrogens with one attached hydrogen (secondary N) is 2. The van der Waals surface area contributed by atoms with Crippen molar-refractivity contribution in [3.05, 3.63) is 71.3 Å². The van der Waals surface area contributed by atoms with Crippen molar-refractivity contribution >= 4 is 39.7 Å². The molecule has 0 atom stereocenters. The maximum Gasteiger partial charge on any atom is 0.130 e. The first-order chi connectivity index (χ1) is 15.8. The third kappa shape index (κ3) is 6.21. The van der Waals surface area contributed by atoms with E-state index < -0.39 is 5.60 Å². The number of aryl methyl sites for hydroxylation is 2. The Bertz CT molecular complexity index is 1250. The van der Waals surface area contributed by atoms with Crippen LogP contribution in [0.25, 0.3) is 10.9 Å². The summed E-state index contributed by atoms with van der Waals surface area (Å²) in [6.45, 7) is 6.72. The van der Waals surface area contributed by atoms with Crippen molar-refractivity contribution in [1.82, 2.24) is 19.7 Å². The van der Waals surface area contributed by atoms with Crippen molar-refractivity contribution in [3.8, 4) is 0 Å². The Morgan fingerprint density at radius 3 is 2.79 bits per heavy atom. The molecule has 3 aromatic heterocycles. The molecule has 4 aromatic rings. The largest absolute Gasteiger partial charge is 0.389 e. The molecule has 0 radical (unpaired) electrons. The van der Waals surface area contributed by atoms with Crippen LogP contribution in [0.1, 0.15) is 31.7 Å². The number of nitrogens with zero attached hydrogens (tertiary/aromatic N) is 4. The molecule has 172 valence electrons. The Hall–Kier alpha value is -3.16. The fraction of sp³-hybridized carbons (Fsp3) is 0.320. The predicted molar refractivity (Wildman–Crippen MR) is 134 cm³/mol. The van der Waals surface area contributed by atoms with E-state index in [4.69, 9.17) is 16.6 Å². The van der Waals surface area contributed by atoms with E-state index in [-0.39, 0.29) is 0 Å². The minimum absolute atomic E-state index is 0.426. The van der Waals surface area contributed by atoms with Gasteiger partial charge in [-0.3, -0.25) is 9.67 Å². The Morgan fingerprint density at radius 1 is 1.12 bits per heavy atom. The third-order valence-corrected chi connectivity index (χ3v) is 5.43. The molecule has 0 unspecified atom stereocenters. The number of benzene rings is 1. The van der Waals surface area contributed by atoms with Crippen LogP contribution in [-0.4, -0.2) is 37.0 Å². The number of anilines is 3. The lowest BCUT2D eigenvalue weighted by Crippen LogP contribution is -2.26. The topological polar surface area (TPSA) is 87.9 Å². The molecule has 3 heterocycles. The fourth-order valence-corrected chi connectivity index (χ4v) is 3.88. The lowest BCUT2D eigenvalue weighted by molar-refractivity contribution is 0.0577. The number of aromatic nitrogens is 4. The van der Waals surface area contributed by atoms with Gasteiger partial charge in [-0.2, -0.15) is 5.10 Å². The van der Waals surface area contributed by atoms with Crippen molar-refractivity contribution < 1.29 is 5.11 Å². The zero-order valence-electron chi connectivity index (χ0n) is 19.1. The van der Waals surface area contributed by atoms with E-state index in [1.165, 1.54) is 0 Å². The minimum Gasteiger partial charge on any atom is -0.389 e. The lowest BCUT2D eigenvalue weighted by atomic mass is 10.1. The van der Waals surface area contributed by atoms with Gasteiger partial charge in [-0.15, -0.1) is 0 Å². The average molecular weight is 465 g/mol. The molecular formula is C25H29ClN6O. The average Bonchev–Trinajstić information content (AvgIpc) is 3.08. The summed E-state index contributed by atoms with van der Waals surface area (Å²) in [6, 6.07) is 13.7. The zero-order valence-corrected chi connectivity index (χ0v) is 19.9. The van der Waals surface area contributed by atoms with Crippen molar-refractivity contribution in [2.45, 2.75) is 45.8 Å². The molecule has 0 saturated heterocycles. The maximum absolute atomic E-state index is 10.0. The van der Waals surface area contributed by atoms with Gasteiger partial charge in [-0.1, -0.05) is 17.7 Å². The molecule has 7 nitrogen and oxygen atoms in total. The van der Waals surface area contributed by atoms with E-state index in [1.54, 1.807) is 24.7 Å². The summed E-state index contributed by atoms with van der Waals surface area (Å²) < 4.78 is 1.75. The maximum atomic E-state index is 10.0. The van der Waals surface area contributed by atoms with Crippen LogP contribution in [0, 0.1) is 6.92 Å². The normalized spacial score (nSPS) is 11.7. The van der Waals surface area contributed by atoms with Gasteiger partial charge in [0.2, 0.25) is 0 Å². The van der Waals surface area contributed by atoms with Gasteiger partial charge in [0.25, 0.3) is 0 Å². The third-order valence-electron chi connectivity index (χ3n) is 5.19. The first-order valence-electron chi connectivity index (χ1n) is 11.0. The van der Waals surface area contributed by atoms with E-state index in [2.05, 4.69) is 20.7 Å². The number of pyridine rings is 2. The second kappa shape index (κ2) is 9.77. The summed E-state index contributed by atoms with van der Waals surface area (Å²) in [7, 11) is 0. The summed E-state index contributed by atoms with van der Waals surface area (Å²) in [6.07, 6.45) is 5.49. The molecule has 0 aliphatic carbocycles. The number of aliphatic hydroxyl groups is 1.